The van der Waals surface area contributed by atoms with E-state index in [-0.39, 0.29) is 36.8 Å². The standard InChI is InChI=1S/C20H24N2O4/c1-4-16-12-17(19(24)25-5-2)8-9-18(16)20(13-21,14-22)10-6-7-11-26-15(3)23/h4,16-18H,1,5,8-12H2,2-3H3/t16?,17-,18?/m0/s1. The molecule has 26 heavy (non-hydrogen) atoms. The third-order valence-electron chi connectivity index (χ3n) is 4.69. The van der Waals surface area contributed by atoms with E-state index in [9.17, 15) is 20.1 Å². The molecule has 2 unspecified atom stereocenters. The third kappa shape index (κ3) is 5.36. The van der Waals surface area contributed by atoms with E-state index in [4.69, 9.17) is 9.47 Å². The molecule has 0 saturated heterocycles. The highest BCUT2D eigenvalue weighted by Gasteiger charge is 2.46. The van der Waals surface area contributed by atoms with Gasteiger partial charge in [0.25, 0.3) is 0 Å². The molecule has 3 atom stereocenters. The number of nitrogens with zero attached hydrogens (tertiary/aromatic N) is 2. The van der Waals surface area contributed by atoms with Gasteiger partial charge in [0.1, 0.15) is 0 Å². The Morgan fingerprint density at radius 2 is 1.92 bits per heavy atom. The molecule has 1 fully saturated rings. The van der Waals surface area contributed by atoms with Crippen molar-refractivity contribution in [2.75, 3.05) is 13.2 Å². The van der Waals surface area contributed by atoms with Crippen LogP contribution in [0.25, 0.3) is 0 Å². The fourth-order valence-electron chi connectivity index (χ4n) is 3.34. The monoisotopic (exact) mass is 356 g/mol. The average molecular weight is 356 g/mol. The van der Waals surface area contributed by atoms with Crippen molar-refractivity contribution in [2.24, 2.45) is 23.2 Å². The Bertz CT molecular complexity index is 661. The Labute approximate surface area is 154 Å². The highest BCUT2D eigenvalue weighted by Crippen LogP contribution is 2.46. The second-order valence-electron chi connectivity index (χ2n) is 6.27. The molecule has 0 amide bonds. The predicted octanol–water partition coefficient (Wildman–Crippen LogP) is 2.76. The van der Waals surface area contributed by atoms with Crippen LogP contribution in [0.15, 0.2) is 12.7 Å². The quantitative estimate of drug-likeness (QED) is 0.412. The number of hydrogen-bond acceptors (Lipinski definition) is 6. The zero-order valence-corrected chi connectivity index (χ0v) is 15.3. The van der Waals surface area contributed by atoms with Gasteiger partial charge in [0, 0.05) is 13.3 Å². The maximum atomic E-state index is 12.0. The summed E-state index contributed by atoms with van der Waals surface area (Å²) in [5.41, 5.74) is -1.29. The second-order valence-corrected chi connectivity index (χ2v) is 6.27. The largest absolute Gasteiger partial charge is 0.466 e. The molecule has 0 aromatic heterocycles. The van der Waals surface area contributed by atoms with Crippen molar-refractivity contribution < 1.29 is 19.1 Å². The van der Waals surface area contributed by atoms with Crippen LogP contribution in [0.1, 0.15) is 39.5 Å². The molecule has 0 heterocycles. The lowest BCUT2D eigenvalue weighted by Gasteiger charge is -2.39. The highest BCUT2D eigenvalue weighted by atomic mass is 16.5. The van der Waals surface area contributed by atoms with Crippen LogP contribution >= 0.6 is 0 Å². The number of carbonyl (C=O) groups is 2. The van der Waals surface area contributed by atoms with Gasteiger partial charge in [-0.25, -0.2) is 0 Å². The summed E-state index contributed by atoms with van der Waals surface area (Å²) in [6.07, 6.45) is 3.40. The lowest BCUT2D eigenvalue weighted by atomic mass is 9.61. The van der Waals surface area contributed by atoms with Crippen LogP contribution in [0.2, 0.25) is 0 Å². The second kappa shape index (κ2) is 10.3. The van der Waals surface area contributed by atoms with Gasteiger partial charge >= 0.3 is 11.9 Å². The topological polar surface area (TPSA) is 100 Å². The molecule has 6 nitrogen and oxygen atoms in total. The molecule has 0 aromatic rings. The first-order valence-corrected chi connectivity index (χ1v) is 8.64. The van der Waals surface area contributed by atoms with Crippen molar-refractivity contribution in [3.63, 3.8) is 0 Å². The molecule has 0 spiro atoms. The van der Waals surface area contributed by atoms with Crippen LogP contribution in [0.4, 0.5) is 0 Å². The van der Waals surface area contributed by atoms with Gasteiger partial charge in [-0.15, -0.1) is 6.58 Å². The Kier molecular flexibility index (Phi) is 8.40. The van der Waals surface area contributed by atoms with Crippen molar-refractivity contribution in [2.45, 2.75) is 39.5 Å². The minimum Gasteiger partial charge on any atom is -0.466 e. The fourth-order valence-corrected chi connectivity index (χ4v) is 3.34. The van der Waals surface area contributed by atoms with Gasteiger partial charge in [-0.3, -0.25) is 9.59 Å². The average Bonchev–Trinajstić information content (AvgIpc) is 2.64. The Balaban J connectivity index is 2.90. The summed E-state index contributed by atoms with van der Waals surface area (Å²) in [6, 6.07) is 4.27. The number of rotatable bonds is 6. The maximum absolute atomic E-state index is 12.0. The van der Waals surface area contributed by atoms with Crippen LogP contribution in [-0.2, 0) is 19.1 Å². The summed E-state index contributed by atoms with van der Waals surface area (Å²) in [4.78, 5) is 22.7. The SMILES string of the molecule is C=CC1C[C@@H](C(=O)OCC)CCC1C(C#N)(C#N)CC#CCOC(C)=O. The molecule has 0 N–H and O–H groups in total. The lowest BCUT2D eigenvalue weighted by molar-refractivity contribution is -0.150. The van der Waals surface area contributed by atoms with Gasteiger partial charge < -0.3 is 9.47 Å². The molecular formula is C20H24N2O4. The van der Waals surface area contributed by atoms with Gasteiger partial charge in [0.2, 0.25) is 0 Å². The van der Waals surface area contributed by atoms with Crippen LogP contribution in [0, 0.1) is 57.7 Å². The van der Waals surface area contributed by atoms with Crippen molar-refractivity contribution >= 4 is 11.9 Å². The van der Waals surface area contributed by atoms with Gasteiger partial charge in [0.15, 0.2) is 12.0 Å². The van der Waals surface area contributed by atoms with Crippen LogP contribution < -0.4 is 0 Å². The summed E-state index contributed by atoms with van der Waals surface area (Å²) >= 11 is 0. The van der Waals surface area contributed by atoms with Crippen molar-refractivity contribution in [3.05, 3.63) is 12.7 Å². The molecule has 0 aromatic carbocycles. The van der Waals surface area contributed by atoms with Crippen LogP contribution in [0.3, 0.4) is 0 Å². The van der Waals surface area contributed by atoms with Crippen LogP contribution in [0.5, 0.6) is 0 Å². The van der Waals surface area contributed by atoms with E-state index in [2.05, 4.69) is 30.6 Å². The molecule has 0 aliphatic heterocycles. The van der Waals surface area contributed by atoms with Crippen molar-refractivity contribution in [1.29, 1.82) is 10.5 Å². The first kappa shape index (κ1) is 21.3. The first-order valence-electron chi connectivity index (χ1n) is 8.64. The number of hydrogen-bond donors (Lipinski definition) is 0. The van der Waals surface area contributed by atoms with Gasteiger partial charge in [0.05, 0.1) is 24.7 Å². The summed E-state index contributed by atoms with van der Waals surface area (Å²) in [5.74, 6) is 4.13. The molecule has 6 heteroatoms. The number of nitriles is 2. The summed E-state index contributed by atoms with van der Waals surface area (Å²) in [6.45, 7) is 7.13. The summed E-state index contributed by atoms with van der Waals surface area (Å²) in [7, 11) is 0. The van der Waals surface area contributed by atoms with E-state index < -0.39 is 11.4 Å². The molecule has 0 bridgehead atoms. The number of esters is 2. The zero-order chi connectivity index (χ0) is 19.6. The predicted molar refractivity (Wildman–Crippen MR) is 93.8 cm³/mol. The normalized spacial score (nSPS) is 21.9. The molecule has 1 aliphatic rings. The van der Waals surface area contributed by atoms with E-state index >= 15 is 0 Å². The first-order chi connectivity index (χ1) is 12.4. The molecule has 1 rings (SSSR count). The van der Waals surface area contributed by atoms with Gasteiger partial charge in [-0.2, -0.15) is 10.5 Å². The van der Waals surface area contributed by atoms with Crippen LogP contribution in [-0.4, -0.2) is 25.2 Å². The van der Waals surface area contributed by atoms with E-state index in [1.54, 1.807) is 13.0 Å². The molecular weight excluding hydrogens is 332 g/mol. The minimum atomic E-state index is -1.29. The summed E-state index contributed by atoms with van der Waals surface area (Å²) < 4.78 is 9.82. The minimum absolute atomic E-state index is 0.0559. The third-order valence-corrected chi connectivity index (χ3v) is 4.69. The Hall–Kier alpha value is -2.78. The molecule has 0 radical (unpaired) electrons. The Morgan fingerprint density at radius 1 is 1.23 bits per heavy atom. The number of carbonyl (C=O) groups excluding carboxylic acids is 2. The maximum Gasteiger partial charge on any atom is 0.308 e. The van der Waals surface area contributed by atoms with E-state index in [0.717, 1.165) is 0 Å². The fraction of sp³-hybridized carbons (Fsp3) is 0.600. The van der Waals surface area contributed by atoms with Crippen molar-refractivity contribution in [3.8, 4) is 24.0 Å². The molecule has 1 saturated carbocycles. The van der Waals surface area contributed by atoms with Gasteiger partial charge in [-0.05, 0) is 38.0 Å². The van der Waals surface area contributed by atoms with Gasteiger partial charge in [-0.1, -0.05) is 17.9 Å². The van der Waals surface area contributed by atoms with E-state index in [0.29, 0.717) is 25.9 Å². The molecule has 138 valence electrons. The van der Waals surface area contributed by atoms with Crippen molar-refractivity contribution in [1.82, 2.24) is 0 Å². The summed E-state index contributed by atoms with van der Waals surface area (Å²) in [5, 5.41) is 19.4. The highest BCUT2D eigenvalue weighted by molar-refractivity contribution is 5.72. The molecule has 1 aliphatic carbocycles. The number of allylic oxidation sites excluding steroid dienone is 1. The number of ether oxygens (including phenoxy) is 2. The zero-order valence-electron chi connectivity index (χ0n) is 15.3. The van der Waals surface area contributed by atoms with E-state index in [1.165, 1.54) is 6.92 Å². The van der Waals surface area contributed by atoms with E-state index in [1.807, 2.05) is 0 Å². The Morgan fingerprint density at radius 3 is 2.46 bits per heavy atom. The smallest absolute Gasteiger partial charge is 0.308 e. The lowest BCUT2D eigenvalue weighted by Crippen LogP contribution is -2.38.